The van der Waals surface area contributed by atoms with Crippen LogP contribution in [0.1, 0.15) is 329 Å². The zero-order valence-corrected chi connectivity index (χ0v) is 46.3. The van der Waals surface area contributed by atoms with E-state index >= 15 is 0 Å². The number of allylic oxidation sites excluding steroid dienone is 6. The summed E-state index contributed by atoms with van der Waals surface area (Å²) >= 11 is 0. The van der Waals surface area contributed by atoms with Gasteiger partial charge in [-0.05, 0) is 64.2 Å². The molecule has 0 aliphatic carbocycles. The second-order valence-electron chi connectivity index (χ2n) is 20.6. The molecule has 0 saturated carbocycles. The first-order valence-electron chi connectivity index (χ1n) is 30.5. The molecule has 0 saturated heterocycles. The van der Waals surface area contributed by atoms with E-state index < -0.39 is 6.10 Å². The first-order chi connectivity index (χ1) is 34.0. The van der Waals surface area contributed by atoms with Crippen molar-refractivity contribution in [3.63, 3.8) is 0 Å². The van der Waals surface area contributed by atoms with Gasteiger partial charge in [-0.25, -0.2) is 0 Å². The quantitative estimate of drug-likeness (QED) is 0.0261. The van der Waals surface area contributed by atoms with E-state index in [-0.39, 0.29) is 31.1 Å². The van der Waals surface area contributed by atoms with Crippen molar-refractivity contribution in [1.82, 2.24) is 0 Å². The third kappa shape index (κ3) is 56.4. The normalized spacial score (nSPS) is 12.2. The monoisotopic (exact) mass is 969 g/mol. The lowest BCUT2D eigenvalue weighted by molar-refractivity contribution is -0.167. The van der Waals surface area contributed by atoms with E-state index in [0.29, 0.717) is 19.3 Å². The average Bonchev–Trinajstić information content (AvgIpc) is 3.35. The summed E-state index contributed by atoms with van der Waals surface area (Å²) in [6.07, 6.45) is 70.3. The smallest absolute Gasteiger partial charge is 0.306 e. The van der Waals surface area contributed by atoms with E-state index in [1.165, 1.54) is 193 Å². The second kappa shape index (κ2) is 58.2. The van der Waals surface area contributed by atoms with Crippen LogP contribution < -0.4 is 0 Å². The Kier molecular flexibility index (Phi) is 56.2. The SMILES string of the molecule is CCC/C=C\CCCCCCCC(=O)OCC(COC(=O)CCCCCCCCCCCCCCCCCCCCCCCCCCCCC)OC(=O)CCCCCCC/C=C\C/C=C\CCCC. The number of ether oxygens (including phenoxy) is 3. The maximum atomic E-state index is 12.8. The molecule has 6 heteroatoms. The summed E-state index contributed by atoms with van der Waals surface area (Å²) in [4.78, 5) is 38.1. The van der Waals surface area contributed by atoms with Gasteiger partial charge in [0.05, 0.1) is 0 Å². The van der Waals surface area contributed by atoms with Gasteiger partial charge < -0.3 is 14.2 Å². The van der Waals surface area contributed by atoms with Crippen molar-refractivity contribution >= 4 is 17.9 Å². The van der Waals surface area contributed by atoms with Gasteiger partial charge in [0.25, 0.3) is 0 Å². The summed E-state index contributed by atoms with van der Waals surface area (Å²) in [5.41, 5.74) is 0. The molecular formula is C63H116O6. The van der Waals surface area contributed by atoms with Crippen molar-refractivity contribution in [2.75, 3.05) is 13.2 Å². The number of unbranched alkanes of at least 4 members (excludes halogenated alkanes) is 39. The van der Waals surface area contributed by atoms with Gasteiger partial charge in [0.2, 0.25) is 0 Å². The summed E-state index contributed by atoms with van der Waals surface area (Å²) in [5.74, 6) is -0.887. The lowest BCUT2D eigenvalue weighted by Gasteiger charge is -2.18. The van der Waals surface area contributed by atoms with Crippen molar-refractivity contribution in [3.8, 4) is 0 Å². The zero-order chi connectivity index (χ0) is 50.0. The summed E-state index contributed by atoms with van der Waals surface area (Å²) in [5, 5.41) is 0. The van der Waals surface area contributed by atoms with Crippen molar-refractivity contribution in [3.05, 3.63) is 36.5 Å². The minimum atomic E-state index is -0.779. The number of carbonyl (C=O) groups excluding carboxylic acids is 3. The summed E-state index contributed by atoms with van der Waals surface area (Å²) in [6.45, 7) is 6.56. The molecule has 0 aliphatic heterocycles. The largest absolute Gasteiger partial charge is 0.462 e. The summed E-state index contributed by atoms with van der Waals surface area (Å²) < 4.78 is 16.8. The fourth-order valence-corrected chi connectivity index (χ4v) is 8.99. The van der Waals surface area contributed by atoms with Crippen molar-refractivity contribution in [2.24, 2.45) is 0 Å². The molecule has 0 spiro atoms. The Bertz CT molecular complexity index is 1160. The lowest BCUT2D eigenvalue weighted by atomic mass is 10.0. The zero-order valence-electron chi connectivity index (χ0n) is 46.3. The topological polar surface area (TPSA) is 78.9 Å². The molecule has 0 aromatic rings. The van der Waals surface area contributed by atoms with E-state index in [1.54, 1.807) is 0 Å². The second-order valence-corrected chi connectivity index (χ2v) is 20.6. The van der Waals surface area contributed by atoms with E-state index in [0.717, 1.165) is 96.3 Å². The lowest BCUT2D eigenvalue weighted by Crippen LogP contribution is -2.30. The molecule has 404 valence electrons. The van der Waals surface area contributed by atoms with Crippen LogP contribution in [0.25, 0.3) is 0 Å². The van der Waals surface area contributed by atoms with Crippen LogP contribution in [0.4, 0.5) is 0 Å². The molecule has 0 N–H and O–H groups in total. The molecule has 0 aromatic heterocycles. The molecule has 0 fully saturated rings. The number of carbonyl (C=O) groups is 3. The molecule has 0 heterocycles. The van der Waals surface area contributed by atoms with Gasteiger partial charge in [-0.2, -0.15) is 0 Å². The first-order valence-corrected chi connectivity index (χ1v) is 30.5. The Balaban J connectivity index is 4.12. The molecule has 1 atom stereocenters. The van der Waals surface area contributed by atoms with Crippen LogP contribution in [-0.2, 0) is 28.6 Å². The number of hydrogen-bond donors (Lipinski definition) is 0. The van der Waals surface area contributed by atoms with Crippen LogP contribution >= 0.6 is 0 Å². The number of hydrogen-bond acceptors (Lipinski definition) is 6. The van der Waals surface area contributed by atoms with Gasteiger partial charge in [0.15, 0.2) is 6.10 Å². The fraction of sp³-hybridized carbons (Fsp3) is 0.857. The Morgan fingerprint density at radius 1 is 0.290 bits per heavy atom. The summed E-state index contributed by atoms with van der Waals surface area (Å²) in [6, 6.07) is 0. The first kappa shape index (κ1) is 66.6. The standard InChI is InChI=1S/C63H116O6/c1-4-7-10-13-16-19-22-24-26-27-28-29-30-31-32-33-34-35-36-37-38-40-41-44-47-50-53-56-62(65)68-59-60(58-67-61(64)55-52-49-46-43-21-18-15-12-9-6-3)69-63(66)57-54-51-48-45-42-39-25-23-20-17-14-11-8-5-2/h12,14-15,17,23,25,60H,4-11,13,16,18-22,24,26-59H2,1-3H3/b15-12-,17-14-,25-23-. The van der Waals surface area contributed by atoms with Crippen LogP contribution in [-0.4, -0.2) is 37.2 Å². The van der Waals surface area contributed by atoms with Crippen molar-refractivity contribution in [1.29, 1.82) is 0 Å². The van der Waals surface area contributed by atoms with E-state index in [2.05, 4.69) is 57.2 Å². The van der Waals surface area contributed by atoms with Crippen LogP contribution in [0, 0.1) is 0 Å². The molecule has 0 bridgehead atoms. The highest BCUT2D eigenvalue weighted by Crippen LogP contribution is 2.17. The van der Waals surface area contributed by atoms with E-state index in [9.17, 15) is 14.4 Å². The van der Waals surface area contributed by atoms with Crippen LogP contribution in [0.5, 0.6) is 0 Å². The Morgan fingerprint density at radius 3 is 0.913 bits per heavy atom. The maximum absolute atomic E-state index is 12.8. The minimum Gasteiger partial charge on any atom is -0.462 e. The molecule has 6 nitrogen and oxygen atoms in total. The Hall–Kier alpha value is -2.37. The van der Waals surface area contributed by atoms with Crippen LogP contribution in [0.3, 0.4) is 0 Å². The fourth-order valence-electron chi connectivity index (χ4n) is 8.99. The molecule has 0 aliphatic rings. The Morgan fingerprint density at radius 2 is 0.565 bits per heavy atom. The predicted molar refractivity (Wildman–Crippen MR) is 298 cm³/mol. The maximum Gasteiger partial charge on any atom is 0.306 e. The summed E-state index contributed by atoms with van der Waals surface area (Å²) in [7, 11) is 0. The van der Waals surface area contributed by atoms with E-state index in [1.807, 2.05) is 0 Å². The number of rotatable bonds is 56. The molecule has 1 unspecified atom stereocenters. The van der Waals surface area contributed by atoms with Crippen LogP contribution in [0.2, 0.25) is 0 Å². The van der Waals surface area contributed by atoms with E-state index in [4.69, 9.17) is 14.2 Å². The van der Waals surface area contributed by atoms with Gasteiger partial charge in [0.1, 0.15) is 13.2 Å². The molecule has 0 amide bonds. The molecular weight excluding hydrogens is 853 g/mol. The van der Waals surface area contributed by atoms with Gasteiger partial charge in [-0.15, -0.1) is 0 Å². The molecule has 69 heavy (non-hydrogen) atoms. The molecule has 0 aromatic carbocycles. The third-order valence-electron chi connectivity index (χ3n) is 13.6. The van der Waals surface area contributed by atoms with Crippen LogP contribution in [0.15, 0.2) is 36.5 Å². The van der Waals surface area contributed by atoms with Crippen molar-refractivity contribution < 1.29 is 28.6 Å². The molecule has 0 radical (unpaired) electrons. The van der Waals surface area contributed by atoms with Gasteiger partial charge in [-0.1, -0.05) is 282 Å². The predicted octanol–water partition coefficient (Wildman–Crippen LogP) is 20.4. The highest BCUT2D eigenvalue weighted by Gasteiger charge is 2.19. The average molecular weight is 970 g/mol. The van der Waals surface area contributed by atoms with Gasteiger partial charge >= 0.3 is 17.9 Å². The highest BCUT2D eigenvalue weighted by molar-refractivity contribution is 5.71. The number of esters is 3. The van der Waals surface area contributed by atoms with Gasteiger partial charge in [-0.3, -0.25) is 14.4 Å². The van der Waals surface area contributed by atoms with Gasteiger partial charge in [0, 0.05) is 19.3 Å². The van der Waals surface area contributed by atoms with Crippen molar-refractivity contribution in [2.45, 2.75) is 335 Å². The Labute approximate surface area is 429 Å². The minimum absolute atomic E-state index is 0.0773. The molecule has 0 rings (SSSR count). The highest BCUT2D eigenvalue weighted by atomic mass is 16.6. The third-order valence-corrected chi connectivity index (χ3v) is 13.6.